The van der Waals surface area contributed by atoms with Crippen LogP contribution in [0.2, 0.25) is 0 Å². The van der Waals surface area contributed by atoms with Crippen LogP contribution in [0.25, 0.3) is 0 Å². The number of hydrogen-bond acceptors (Lipinski definition) is 3. The zero-order valence-electron chi connectivity index (χ0n) is 14.8. The number of sulfonamides is 1. The van der Waals surface area contributed by atoms with Crippen molar-refractivity contribution in [3.8, 4) is 5.75 Å². The first kappa shape index (κ1) is 18.0. The van der Waals surface area contributed by atoms with Gasteiger partial charge in [0.05, 0.1) is 18.0 Å². The topological polar surface area (TPSA) is 46.6 Å². The second-order valence-electron chi connectivity index (χ2n) is 6.44. The maximum Gasteiger partial charge on any atom is 0.243 e. The summed E-state index contributed by atoms with van der Waals surface area (Å²) < 4.78 is 33.1. The van der Waals surface area contributed by atoms with E-state index >= 15 is 0 Å². The zero-order valence-corrected chi connectivity index (χ0v) is 15.6. The Kier molecular flexibility index (Phi) is 5.45. The molecule has 0 aliphatic carbocycles. The van der Waals surface area contributed by atoms with Crippen LogP contribution < -0.4 is 4.74 Å². The Bertz CT molecular complexity index is 798. The summed E-state index contributed by atoms with van der Waals surface area (Å²) in [6, 6.07) is 14.9. The monoisotopic (exact) mass is 359 g/mol. The minimum atomic E-state index is -3.48. The van der Waals surface area contributed by atoms with Crippen LogP contribution in [0.3, 0.4) is 0 Å². The first-order valence-electron chi connectivity index (χ1n) is 8.81. The van der Waals surface area contributed by atoms with Crippen LogP contribution in [-0.2, 0) is 16.4 Å². The van der Waals surface area contributed by atoms with E-state index in [1.54, 1.807) is 23.5 Å². The quantitative estimate of drug-likeness (QED) is 0.777. The van der Waals surface area contributed by atoms with E-state index in [1.165, 1.54) is 5.56 Å². The summed E-state index contributed by atoms with van der Waals surface area (Å²) in [4.78, 5) is 0.382. The summed E-state index contributed by atoms with van der Waals surface area (Å²) in [6.07, 6.45) is 3.75. The predicted octanol–water partition coefficient (Wildman–Crippen LogP) is 4.17. The Morgan fingerprint density at radius 3 is 2.36 bits per heavy atom. The van der Waals surface area contributed by atoms with Gasteiger partial charge in [-0.3, -0.25) is 0 Å². The molecule has 3 rings (SSSR count). The molecule has 0 aromatic heterocycles. The van der Waals surface area contributed by atoms with Crippen molar-refractivity contribution in [3.63, 3.8) is 0 Å². The fourth-order valence-corrected chi connectivity index (χ4v) is 5.12. The van der Waals surface area contributed by atoms with Crippen molar-refractivity contribution >= 4 is 10.0 Å². The van der Waals surface area contributed by atoms with Gasteiger partial charge in [0, 0.05) is 6.54 Å². The number of rotatable bonds is 6. The Labute approximate surface area is 150 Å². The summed E-state index contributed by atoms with van der Waals surface area (Å²) >= 11 is 0. The second-order valence-corrected chi connectivity index (χ2v) is 8.33. The minimum Gasteiger partial charge on any atom is -0.497 e. The lowest BCUT2D eigenvalue weighted by molar-refractivity contribution is 0.394. The van der Waals surface area contributed by atoms with Crippen LogP contribution >= 0.6 is 0 Å². The second kappa shape index (κ2) is 7.58. The van der Waals surface area contributed by atoms with Crippen LogP contribution in [-0.4, -0.2) is 26.4 Å². The lowest BCUT2D eigenvalue weighted by Gasteiger charge is -2.24. The minimum absolute atomic E-state index is 0.105. The van der Waals surface area contributed by atoms with Gasteiger partial charge >= 0.3 is 0 Å². The van der Waals surface area contributed by atoms with Crippen molar-refractivity contribution in [3.05, 3.63) is 59.7 Å². The number of benzene rings is 2. The number of ether oxygens (including phenoxy) is 1. The lowest BCUT2D eigenvalue weighted by atomic mass is 10.1. The van der Waals surface area contributed by atoms with Crippen molar-refractivity contribution in [2.75, 3.05) is 13.7 Å². The third-order valence-electron chi connectivity index (χ3n) is 4.77. The summed E-state index contributed by atoms with van der Waals surface area (Å²) in [6.45, 7) is 2.68. The number of nitrogens with zero attached hydrogens (tertiary/aromatic N) is 1. The molecule has 4 nitrogen and oxygen atoms in total. The molecule has 1 aliphatic rings. The molecule has 0 saturated carbocycles. The van der Waals surface area contributed by atoms with Gasteiger partial charge in [-0.05, 0) is 54.7 Å². The fourth-order valence-electron chi connectivity index (χ4n) is 3.44. The third kappa shape index (κ3) is 3.72. The van der Waals surface area contributed by atoms with Gasteiger partial charge < -0.3 is 4.74 Å². The summed E-state index contributed by atoms with van der Waals surface area (Å²) in [5.41, 5.74) is 2.19. The van der Waals surface area contributed by atoms with Crippen molar-refractivity contribution in [1.29, 1.82) is 0 Å². The Morgan fingerprint density at radius 2 is 1.76 bits per heavy atom. The van der Waals surface area contributed by atoms with Gasteiger partial charge in [-0.1, -0.05) is 37.6 Å². The van der Waals surface area contributed by atoms with Gasteiger partial charge in [0.25, 0.3) is 0 Å². The van der Waals surface area contributed by atoms with E-state index < -0.39 is 10.0 Å². The highest BCUT2D eigenvalue weighted by Gasteiger charge is 2.36. The molecule has 0 radical (unpaired) electrons. The van der Waals surface area contributed by atoms with E-state index in [9.17, 15) is 8.42 Å². The average molecular weight is 359 g/mol. The van der Waals surface area contributed by atoms with E-state index in [2.05, 4.69) is 6.92 Å². The highest BCUT2D eigenvalue weighted by molar-refractivity contribution is 7.89. The molecule has 134 valence electrons. The van der Waals surface area contributed by atoms with Crippen molar-refractivity contribution in [1.82, 2.24) is 4.31 Å². The molecule has 0 bridgehead atoms. The van der Waals surface area contributed by atoms with Crippen molar-refractivity contribution < 1.29 is 13.2 Å². The van der Waals surface area contributed by atoms with Gasteiger partial charge in [0.1, 0.15) is 5.75 Å². The first-order valence-corrected chi connectivity index (χ1v) is 10.2. The van der Waals surface area contributed by atoms with E-state index in [0.29, 0.717) is 11.4 Å². The standard InChI is InChI=1S/C20H25NO3S/c1-3-5-16-7-13-19(14-8-16)25(22,23)21-15-4-6-20(21)17-9-11-18(24-2)12-10-17/h7-14,20H,3-6,15H2,1-2H3. The van der Waals surface area contributed by atoms with Gasteiger partial charge in [-0.15, -0.1) is 0 Å². The molecule has 1 atom stereocenters. The molecule has 2 aromatic carbocycles. The molecular formula is C20H25NO3S. The Morgan fingerprint density at radius 1 is 1.08 bits per heavy atom. The molecule has 5 heteroatoms. The van der Waals surface area contributed by atoms with Crippen LogP contribution in [0.15, 0.2) is 53.4 Å². The molecule has 0 spiro atoms. The third-order valence-corrected chi connectivity index (χ3v) is 6.70. The fraction of sp³-hybridized carbons (Fsp3) is 0.400. The van der Waals surface area contributed by atoms with Crippen LogP contribution in [0.5, 0.6) is 5.75 Å². The molecule has 2 aromatic rings. The first-order chi connectivity index (χ1) is 12.1. The molecule has 25 heavy (non-hydrogen) atoms. The van der Waals surface area contributed by atoms with Crippen molar-refractivity contribution in [2.24, 2.45) is 0 Å². The van der Waals surface area contributed by atoms with Gasteiger partial charge in [-0.25, -0.2) is 8.42 Å². The number of hydrogen-bond donors (Lipinski definition) is 0. The van der Waals surface area contributed by atoms with Crippen molar-refractivity contribution in [2.45, 2.75) is 43.5 Å². The summed E-state index contributed by atoms with van der Waals surface area (Å²) in [5, 5.41) is 0. The zero-order chi connectivity index (χ0) is 17.9. The summed E-state index contributed by atoms with van der Waals surface area (Å²) in [5.74, 6) is 0.780. The van der Waals surface area contributed by atoms with Gasteiger partial charge in [-0.2, -0.15) is 4.31 Å². The molecule has 1 unspecified atom stereocenters. The highest BCUT2D eigenvalue weighted by atomic mass is 32.2. The lowest BCUT2D eigenvalue weighted by Crippen LogP contribution is -2.30. The summed E-state index contributed by atoms with van der Waals surface area (Å²) in [7, 11) is -1.85. The van der Waals surface area contributed by atoms with Crippen LogP contribution in [0, 0.1) is 0 Å². The molecule has 0 amide bonds. The van der Waals surface area contributed by atoms with Crippen LogP contribution in [0.4, 0.5) is 0 Å². The van der Waals surface area contributed by atoms with E-state index in [1.807, 2.05) is 36.4 Å². The van der Waals surface area contributed by atoms with Gasteiger partial charge in [0.2, 0.25) is 10.0 Å². The maximum atomic E-state index is 13.1. The largest absolute Gasteiger partial charge is 0.497 e. The molecule has 0 N–H and O–H groups in total. The SMILES string of the molecule is CCCc1ccc(S(=O)(=O)N2CCCC2c2ccc(OC)cc2)cc1. The molecular weight excluding hydrogens is 334 g/mol. The Balaban J connectivity index is 1.86. The predicted molar refractivity (Wildman–Crippen MR) is 99.3 cm³/mol. The number of methoxy groups -OCH3 is 1. The number of aryl methyl sites for hydroxylation is 1. The van der Waals surface area contributed by atoms with Gasteiger partial charge in [0.15, 0.2) is 0 Å². The molecule has 1 heterocycles. The Hall–Kier alpha value is -1.85. The normalized spacial score (nSPS) is 18.4. The van der Waals surface area contributed by atoms with Crippen LogP contribution in [0.1, 0.15) is 43.4 Å². The van der Waals surface area contributed by atoms with E-state index in [0.717, 1.165) is 37.0 Å². The molecule has 1 saturated heterocycles. The van der Waals surface area contributed by atoms with E-state index in [-0.39, 0.29) is 6.04 Å². The molecule has 1 fully saturated rings. The maximum absolute atomic E-state index is 13.1. The molecule has 1 aliphatic heterocycles. The van der Waals surface area contributed by atoms with E-state index in [4.69, 9.17) is 4.74 Å². The average Bonchev–Trinajstić information content (AvgIpc) is 3.13. The highest BCUT2D eigenvalue weighted by Crippen LogP contribution is 2.37. The smallest absolute Gasteiger partial charge is 0.243 e.